The molecular weight excluding hydrogens is 646 g/mol. The number of nitrogens with one attached hydrogen (secondary N) is 4. The fourth-order valence-electron chi connectivity index (χ4n) is 4.97. The summed E-state index contributed by atoms with van der Waals surface area (Å²) in [5.74, 6) is -4.04. The van der Waals surface area contributed by atoms with Crippen molar-refractivity contribution in [2.75, 3.05) is 13.1 Å². The van der Waals surface area contributed by atoms with Crippen molar-refractivity contribution in [2.24, 2.45) is 50.5 Å². The summed E-state index contributed by atoms with van der Waals surface area (Å²) < 4.78 is 0. The molecule has 0 saturated carbocycles. The van der Waals surface area contributed by atoms with Crippen LogP contribution < -0.4 is 49.9 Å². The number of nitrogens with zero attached hydrogens (tertiary/aromatic N) is 2. The number of carboxylic acid groups (broad SMARTS) is 1. The van der Waals surface area contributed by atoms with Crippen molar-refractivity contribution in [3.63, 3.8) is 0 Å². The second-order valence-corrected chi connectivity index (χ2v) is 13.0. The number of benzene rings is 1. The van der Waals surface area contributed by atoms with Crippen LogP contribution in [0.3, 0.4) is 0 Å². The summed E-state index contributed by atoms with van der Waals surface area (Å²) in [5, 5.41) is 20.4. The van der Waals surface area contributed by atoms with E-state index in [2.05, 4.69) is 31.3 Å². The summed E-state index contributed by atoms with van der Waals surface area (Å²) in [5.41, 5.74) is 28.2. The standard InChI is InChI=1S/C33H57N11O6/c1-19(2)16-24(28(46)41-23(31(49)50)13-9-15-40-33(37)38)43-29(47)25(17-20(3)4)44-30(48)26(18-21-10-6-5-7-11-21)42-27(45)22(34)12-8-14-39-32(35)36/h5-7,10-11,19-20,22-26H,8-9,12-18,34H2,1-4H3,(H,41,46)(H,42,45)(H,43,47)(H,44,48)(H,49,50)(H4,35,36,39)(H4,37,38,40)/t22-,23-,24-,25-,26-/m0/s1. The third-order valence-corrected chi connectivity index (χ3v) is 7.46. The molecule has 1 aromatic rings. The molecule has 0 saturated heterocycles. The Kier molecular flexibility index (Phi) is 19.5. The van der Waals surface area contributed by atoms with Crippen molar-refractivity contribution in [1.82, 2.24) is 21.3 Å². The Bertz CT molecular complexity index is 1300. The molecular formula is C33H57N11O6. The maximum Gasteiger partial charge on any atom is 0.326 e. The smallest absolute Gasteiger partial charge is 0.326 e. The molecule has 17 heteroatoms. The third kappa shape index (κ3) is 18.0. The predicted molar refractivity (Wildman–Crippen MR) is 192 cm³/mol. The van der Waals surface area contributed by atoms with Crippen LogP contribution in [-0.4, -0.2) is 89.9 Å². The van der Waals surface area contributed by atoms with Gasteiger partial charge in [0.15, 0.2) is 11.9 Å². The van der Waals surface area contributed by atoms with Crippen LogP contribution in [0, 0.1) is 11.8 Å². The lowest BCUT2D eigenvalue weighted by Gasteiger charge is -2.28. The number of carboxylic acids is 1. The van der Waals surface area contributed by atoms with Gasteiger partial charge in [0.05, 0.1) is 6.04 Å². The quantitative estimate of drug-likeness (QED) is 0.0366. The van der Waals surface area contributed by atoms with Gasteiger partial charge in [-0.3, -0.25) is 29.2 Å². The molecule has 4 amide bonds. The number of carbonyl (C=O) groups is 5. The number of rotatable bonds is 23. The number of guanidine groups is 2. The minimum absolute atomic E-state index is 0.0502. The highest BCUT2D eigenvalue weighted by Crippen LogP contribution is 2.12. The van der Waals surface area contributed by atoms with Crippen LogP contribution in [0.4, 0.5) is 0 Å². The molecule has 0 aromatic heterocycles. The van der Waals surface area contributed by atoms with Crippen LogP contribution in [0.2, 0.25) is 0 Å². The van der Waals surface area contributed by atoms with Crippen LogP contribution in [-0.2, 0) is 30.4 Å². The first-order chi connectivity index (χ1) is 23.5. The van der Waals surface area contributed by atoms with E-state index < -0.39 is 59.8 Å². The monoisotopic (exact) mass is 703 g/mol. The van der Waals surface area contributed by atoms with Crippen LogP contribution in [0.25, 0.3) is 0 Å². The van der Waals surface area contributed by atoms with Crippen molar-refractivity contribution in [1.29, 1.82) is 0 Å². The maximum atomic E-state index is 13.8. The van der Waals surface area contributed by atoms with E-state index in [1.165, 1.54) is 0 Å². The van der Waals surface area contributed by atoms with Gasteiger partial charge >= 0.3 is 5.97 Å². The van der Waals surface area contributed by atoms with Gasteiger partial charge in [-0.15, -0.1) is 0 Å². The van der Waals surface area contributed by atoms with Crippen molar-refractivity contribution < 1.29 is 29.1 Å². The summed E-state index contributed by atoms with van der Waals surface area (Å²) in [7, 11) is 0. The molecule has 0 fully saturated rings. The SMILES string of the molecule is CC(C)C[C@H](NC(=O)[C@H](CC(C)C)NC(=O)[C@H](Cc1ccccc1)NC(=O)[C@@H](N)CCCN=C(N)N)C(=O)N[C@@H](CCCN=C(N)N)C(=O)O. The summed E-state index contributed by atoms with van der Waals surface area (Å²) in [6.45, 7) is 7.92. The Morgan fingerprint density at radius 1 is 0.640 bits per heavy atom. The highest BCUT2D eigenvalue weighted by atomic mass is 16.4. The molecule has 17 nitrogen and oxygen atoms in total. The zero-order chi connectivity index (χ0) is 37.8. The highest BCUT2D eigenvalue weighted by molar-refractivity contribution is 5.95. The molecule has 0 aliphatic heterocycles. The largest absolute Gasteiger partial charge is 0.480 e. The zero-order valence-corrected chi connectivity index (χ0v) is 29.6. The molecule has 1 rings (SSSR count). The number of aliphatic carboxylic acids is 1. The molecule has 0 aliphatic rings. The molecule has 15 N–H and O–H groups in total. The second kappa shape index (κ2) is 22.7. The van der Waals surface area contributed by atoms with Gasteiger partial charge in [0, 0.05) is 19.5 Å². The molecule has 0 bridgehead atoms. The van der Waals surface area contributed by atoms with Gasteiger partial charge in [0.2, 0.25) is 23.6 Å². The molecule has 5 atom stereocenters. The average Bonchev–Trinajstić information content (AvgIpc) is 3.02. The predicted octanol–water partition coefficient (Wildman–Crippen LogP) is -1.22. The van der Waals surface area contributed by atoms with E-state index in [0.29, 0.717) is 12.8 Å². The Labute approximate surface area is 294 Å². The highest BCUT2D eigenvalue weighted by Gasteiger charge is 2.32. The summed E-state index contributed by atoms with van der Waals surface area (Å²) in [4.78, 5) is 73.5. The number of carbonyl (C=O) groups excluding carboxylic acids is 4. The average molecular weight is 704 g/mol. The maximum absolute atomic E-state index is 13.8. The van der Waals surface area contributed by atoms with E-state index in [1.807, 2.05) is 33.8 Å². The van der Waals surface area contributed by atoms with Gasteiger partial charge in [0.1, 0.15) is 24.2 Å². The number of amides is 4. The lowest BCUT2D eigenvalue weighted by molar-refractivity contribution is -0.142. The Morgan fingerprint density at radius 2 is 1.06 bits per heavy atom. The molecule has 50 heavy (non-hydrogen) atoms. The lowest BCUT2D eigenvalue weighted by Crippen LogP contribution is -2.59. The van der Waals surface area contributed by atoms with E-state index >= 15 is 0 Å². The van der Waals surface area contributed by atoms with Gasteiger partial charge in [0.25, 0.3) is 0 Å². The van der Waals surface area contributed by atoms with Gasteiger partial charge in [-0.25, -0.2) is 4.79 Å². The van der Waals surface area contributed by atoms with E-state index in [4.69, 9.17) is 28.7 Å². The molecule has 0 heterocycles. The molecule has 0 aliphatic carbocycles. The van der Waals surface area contributed by atoms with E-state index in [9.17, 15) is 29.1 Å². The minimum Gasteiger partial charge on any atom is -0.480 e. The topological polar surface area (TPSA) is 309 Å². The van der Waals surface area contributed by atoms with Crippen LogP contribution >= 0.6 is 0 Å². The Hall–Kier alpha value is -4.93. The van der Waals surface area contributed by atoms with Crippen LogP contribution in [0.15, 0.2) is 40.3 Å². The number of nitrogens with two attached hydrogens (primary N) is 5. The first-order valence-electron chi connectivity index (χ1n) is 16.8. The molecule has 0 unspecified atom stereocenters. The normalized spacial score (nSPS) is 14.0. The molecule has 0 spiro atoms. The van der Waals surface area contributed by atoms with Gasteiger partial charge in [-0.2, -0.15) is 0 Å². The van der Waals surface area contributed by atoms with Crippen molar-refractivity contribution in [3.05, 3.63) is 35.9 Å². The van der Waals surface area contributed by atoms with Gasteiger partial charge in [-0.1, -0.05) is 58.0 Å². The number of hydrogen-bond donors (Lipinski definition) is 10. The Morgan fingerprint density at radius 3 is 1.50 bits per heavy atom. The Balaban J connectivity index is 3.17. The first kappa shape index (κ1) is 43.1. The third-order valence-electron chi connectivity index (χ3n) is 7.46. The van der Waals surface area contributed by atoms with E-state index in [-0.39, 0.29) is 68.9 Å². The summed E-state index contributed by atoms with van der Waals surface area (Å²) in [6.07, 6.45) is 1.59. The zero-order valence-electron chi connectivity index (χ0n) is 29.6. The minimum atomic E-state index is -1.25. The lowest BCUT2D eigenvalue weighted by atomic mass is 9.98. The van der Waals surface area contributed by atoms with Crippen molar-refractivity contribution in [2.45, 2.75) is 103 Å². The second-order valence-electron chi connectivity index (χ2n) is 13.0. The number of aliphatic imine (C=N–C) groups is 2. The molecule has 0 radical (unpaired) electrons. The van der Waals surface area contributed by atoms with Gasteiger partial charge in [-0.05, 0) is 55.9 Å². The fraction of sp³-hybridized carbons (Fsp3) is 0.606. The summed E-state index contributed by atoms with van der Waals surface area (Å²) >= 11 is 0. The van der Waals surface area contributed by atoms with E-state index in [1.54, 1.807) is 24.3 Å². The van der Waals surface area contributed by atoms with Crippen molar-refractivity contribution in [3.8, 4) is 0 Å². The van der Waals surface area contributed by atoms with Gasteiger partial charge < -0.3 is 55.0 Å². The van der Waals surface area contributed by atoms with Crippen LogP contribution in [0.1, 0.15) is 71.8 Å². The van der Waals surface area contributed by atoms with Crippen molar-refractivity contribution >= 4 is 41.5 Å². The van der Waals surface area contributed by atoms with E-state index in [0.717, 1.165) is 5.56 Å². The van der Waals surface area contributed by atoms with Crippen LogP contribution in [0.5, 0.6) is 0 Å². The number of hydrogen-bond acceptors (Lipinski definition) is 8. The fourth-order valence-corrected chi connectivity index (χ4v) is 4.97. The molecule has 280 valence electrons. The summed E-state index contributed by atoms with van der Waals surface area (Å²) in [6, 6.07) is 3.60. The molecule has 1 aromatic carbocycles. The first-order valence-corrected chi connectivity index (χ1v) is 16.8.